The molecule has 2 fully saturated rings. The molecule has 1 atom stereocenters. The summed E-state index contributed by atoms with van der Waals surface area (Å²) in [5.41, 5.74) is 0. The summed E-state index contributed by atoms with van der Waals surface area (Å²) >= 11 is 0. The van der Waals surface area contributed by atoms with E-state index in [1.807, 2.05) is 7.05 Å². The number of piperidine rings is 2. The van der Waals surface area contributed by atoms with Gasteiger partial charge in [-0.2, -0.15) is 0 Å². The van der Waals surface area contributed by atoms with Crippen molar-refractivity contribution in [2.24, 2.45) is 16.8 Å². The van der Waals surface area contributed by atoms with Crippen LogP contribution in [0.4, 0.5) is 0 Å². The van der Waals surface area contributed by atoms with Crippen LogP contribution >= 0.6 is 24.0 Å². The van der Waals surface area contributed by atoms with E-state index in [2.05, 4.69) is 34.0 Å². The van der Waals surface area contributed by atoms with Gasteiger partial charge in [-0.05, 0) is 50.6 Å². The van der Waals surface area contributed by atoms with E-state index in [4.69, 9.17) is 0 Å². The average molecular weight is 422 g/mol. The van der Waals surface area contributed by atoms with Gasteiger partial charge < -0.3 is 15.1 Å². The second-order valence-corrected chi connectivity index (χ2v) is 7.06. The minimum absolute atomic E-state index is 0. The van der Waals surface area contributed by atoms with Gasteiger partial charge in [0.2, 0.25) is 0 Å². The quantitative estimate of drug-likeness (QED) is 0.429. The number of rotatable bonds is 4. The van der Waals surface area contributed by atoms with Crippen LogP contribution in [0, 0.1) is 11.8 Å². The first-order valence-electron chi connectivity index (χ1n) is 8.87. The van der Waals surface area contributed by atoms with Gasteiger partial charge in [0.1, 0.15) is 0 Å². The van der Waals surface area contributed by atoms with Gasteiger partial charge in [-0.3, -0.25) is 4.99 Å². The number of likely N-dealkylation sites (tertiary alicyclic amines) is 2. The number of nitrogens with one attached hydrogen (secondary N) is 1. The van der Waals surface area contributed by atoms with Crippen molar-refractivity contribution in [1.82, 2.24) is 15.1 Å². The van der Waals surface area contributed by atoms with Gasteiger partial charge in [-0.1, -0.05) is 20.3 Å². The van der Waals surface area contributed by atoms with Gasteiger partial charge in [-0.15, -0.1) is 24.0 Å². The minimum Gasteiger partial charge on any atom is -0.356 e. The molecule has 0 aromatic heterocycles. The van der Waals surface area contributed by atoms with Crippen molar-refractivity contribution < 1.29 is 0 Å². The first kappa shape index (κ1) is 20.0. The van der Waals surface area contributed by atoms with E-state index < -0.39 is 0 Å². The SMILES string of the molecule is CN=C(NCC(C)CN1CCCCC1)N1CCC(C)CC1.I. The summed E-state index contributed by atoms with van der Waals surface area (Å²) in [6.07, 6.45) is 6.78. The van der Waals surface area contributed by atoms with E-state index in [9.17, 15) is 0 Å². The second kappa shape index (κ2) is 10.7. The predicted molar refractivity (Wildman–Crippen MR) is 106 cm³/mol. The highest BCUT2D eigenvalue weighted by molar-refractivity contribution is 14.0. The van der Waals surface area contributed by atoms with Crippen molar-refractivity contribution >= 4 is 29.9 Å². The normalized spacial score (nSPS) is 23.0. The number of hydrogen-bond donors (Lipinski definition) is 1. The van der Waals surface area contributed by atoms with E-state index in [-0.39, 0.29) is 24.0 Å². The Morgan fingerprint density at radius 2 is 1.77 bits per heavy atom. The molecule has 4 nitrogen and oxygen atoms in total. The number of aliphatic imine (C=N–C) groups is 1. The van der Waals surface area contributed by atoms with Crippen LogP contribution in [0.3, 0.4) is 0 Å². The molecule has 2 heterocycles. The van der Waals surface area contributed by atoms with Gasteiger partial charge in [0.15, 0.2) is 5.96 Å². The lowest BCUT2D eigenvalue weighted by Crippen LogP contribution is -2.47. The summed E-state index contributed by atoms with van der Waals surface area (Å²) in [4.78, 5) is 9.52. The van der Waals surface area contributed by atoms with Crippen molar-refractivity contribution in [2.45, 2.75) is 46.0 Å². The number of guanidine groups is 1. The van der Waals surface area contributed by atoms with Gasteiger partial charge in [0.25, 0.3) is 0 Å². The van der Waals surface area contributed by atoms with Crippen molar-refractivity contribution in [3.63, 3.8) is 0 Å². The van der Waals surface area contributed by atoms with Crippen LogP contribution < -0.4 is 5.32 Å². The molecule has 1 N–H and O–H groups in total. The van der Waals surface area contributed by atoms with Crippen LogP contribution in [0.2, 0.25) is 0 Å². The molecule has 2 aliphatic heterocycles. The fourth-order valence-electron chi connectivity index (χ4n) is 3.47. The van der Waals surface area contributed by atoms with Gasteiger partial charge >= 0.3 is 0 Å². The number of halogens is 1. The third-order valence-electron chi connectivity index (χ3n) is 4.92. The maximum absolute atomic E-state index is 4.47. The zero-order valence-electron chi connectivity index (χ0n) is 14.7. The fraction of sp³-hybridized carbons (Fsp3) is 0.941. The highest BCUT2D eigenvalue weighted by atomic mass is 127. The Kier molecular flexibility index (Phi) is 9.71. The molecule has 2 aliphatic rings. The third-order valence-corrected chi connectivity index (χ3v) is 4.92. The first-order chi connectivity index (χ1) is 10.2. The summed E-state index contributed by atoms with van der Waals surface area (Å²) in [7, 11) is 1.91. The lowest BCUT2D eigenvalue weighted by Gasteiger charge is -2.34. The average Bonchev–Trinajstić information content (AvgIpc) is 2.50. The molecule has 1 unspecified atom stereocenters. The Labute approximate surface area is 154 Å². The van der Waals surface area contributed by atoms with Crippen LogP contribution in [-0.2, 0) is 0 Å². The highest BCUT2D eigenvalue weighted by Gasteiger charge is 2.19. The maximum atomic E-state index is 4.47. The molecule has 0 spiro atoms. The molecule has 22 heavy (non-hydrogen) atoms. The summed E-state index contributed by atoms with van der Waals surface area (Å²) in [5.74, 6) is 2.66. The summed E-state index contributed by atoms with van der Waals surface area (Å²) in [6.45, 7) is 11.9. The first-order valence-corrected chi connectivity index (χ1v) is 8.87. The largest absolute Gasteiger partial charge is 0.356 e. The molecule has 0 amide bonds. The molecule has 0 radical (unpaired) electrons. The molecule has 0 aromatic rings. The second-order valence-electron chi connectivity index (χ2n) is 7.06. The molecule has 5 heteroatoms. The van der Waals surface area contributed by atoms with Crippen molar-refractivity contribution in [2.75, 3.05) is 46.3 Å². The Hall–Kier alpha value is -0.0400. The summed E-state index contributed by atoms with van der Waals surface area (Å²) in [6, 6.07) is 0. The third kappa shape index (κ3) is 6.60. The molecule has 2 saturated heterocycles. The van der Waals surface area contributed by atoms with Crippen LogP contribution in [0.15, 0.2) is 4.99 Å². The predicted octanol–water partition coefficient (Wildman–Crippen LogP) is 3.03. The maximum Gasteiger partial charge on any atom is 0.193 e. The number of hydrogen-bond acceptors (Lipinski definition) is 2. The Balaban J connectivity index is 0.00000242. The van der Waals surface area contributed by atoms with Crippen molar-refractivity contribution in [3.8, 4) is 0 Å². The zero-order chi connectivity index (χ0) is 15.1. The molecule has 0 aromatic carbocycles. The van der Waals surface area contributed by atoms with Crippen molar-refractivity contribution in [1.29, 1.82) is 0 Å². The van der Waals surface area contributed by atoms with Gasteiger partial charge in [0, 0.05) is 33.2 Å². The van der Waals surface area contributed by atoms with E-state index in [1.165, 1.54) is 51.7 Å². The molecule has 2 rings (SSSR count). The Morgan fingerprint density at radius 3 is 2.36 bits per heavy atom. The Bertz CT molecular complexity index is 321. The molecule has 0 bridgehead atoms. The summed E-state index contributed by atoms with van der Waals surface area (Å²) < 4.78 is 0. The fourth-order valence-corrected chi connectivity index (χ4v) is 3.47. The molecular formula is C17H35IN4. The highest BCUT2D eigenvalue weighted by Crippen LogP contribution is 2.16. The lowest BCUT2D eigenvalue weighted by atomic mass is 9.99. The van der Waals surface area contributed by atoms with E-state index in [0.29, 0.717) is 5.92 Å². The van der Waals surface area contributed by atoms with Gasteiger partial charge in [-0.25, -0.2) is 0 Å². The topological polar surface area (TPSA) is 30.9 Å². The van der Waals surface area contributed by atoms with Crippen molar-refractivity contribution in [3.05, 3.63) is 0 Å². The molecule has 0 aliphatic carbocycles. The van der Waals surface area contributed by atoms with E-state index in [0.717, 1.165) is 31.5 Å². The minimum atomic E-state index is 0. The van der Waals surface area contributed by atoms with Crippen LogP contribution in [0.5, 0.6) is 0 Å². The molecule has 130 valence electrons. The lowest BCUT2D eigenvalue weighted by molar-refractivity contribution is 0.200. The Morgan fingerprint density at radius 1 is 1.14 bits per heavy atom. The van der Waals surface area contributed by atoms with Crippen LogP contribution in [0.1, 0.15) is 46.0 Å². The molecule has 0 saturated carbocycles. The zero-order valence-corrected chi connectivity index (χ0v) is 17.0. The molecular weight excluding hydrogens is 387 g/mol. The van der Waals surface area contributed by atoms with Gasteiger partial charge in [0.05, 0.1) is 0 Å². The van der Waals surface area contributed by atoms with Crippen LogP contribution in [-0.4, -0.2) is 62.1 Å². The van der Waals surface area contributed by atoms with E-state index in [1.54, 1.807) is 0 Å². The number of nitrogens with zero attached hydrogens (tertiary/aromatic N) is 3. The monoisotopic (exact) mass is 422 g/mol. The van der Waals surface area contributed by atoms with Crippen LogP contribution in [0.25, 0.3) is 0 Å². The smallest absolute Gasteiger partial charge is 0.193 e. The summed E-state index contributed by atoms with van der Waals surface area (Å²) in [5, 5.41) is 3.59. The standard InChI is InChI=1S/C17H34N4.HI/c1-15-7-11-21(12-8-15)17(18-3)19-13-16(2)14-20-9-5-4-6-10-20;/h15-16H,4-14H2,1-3H3,(H,18,19);1H. The van der Waals surface area contributed by atoms with E-state index >= 15 is 0 Å².